The Morgan fingerprint density at radius 1 is 1.06 bits per heavy atom. The third kappa shape index (κ3) is 6.45. The summed E-state index contributed by atoms with van der Waals surface area (Å²) in [6, 6.07) is 15.4. The third-order valence-corrected chi connectivity index (χ3v) is 6.17. The fourth-order valence-corrected chi connectivity index (χ4v) is 4.22. The lowest BCUT2D eigenvalue weighted by atomic mass is 10.1. The lowest BCUT2D eigenvalue weighted by Crippen LogP contribution is -2.20. The minimum Gasteiger partial charge on any atom is -0.380 e. The summed E-state index contributed by atoms with van der Waals surface area (Å²) in [5.41, 5.74) is 7.76. The van der Waals surface area contributed by atoms with Gasteiger partial charge >= 0.3 is 0 Å². The molecule has 1 amide bonds. The molecule has 2 aromatic heterocycles. The zero-order valence-corrected chi connectivity index (χ0v) is 20.5. The van der Waals surface area contributed by atoms with Gasteiger partial charge in [0.15, 0.2) is 0 Å². The Kier molecular flexibility index (Phi) is 8.47. The normalized spacial score (nSPS) is 12.2. The van der Waals surface area contributed by atoms with Gasteiger partial charge in [-0.25, -0.2) is 4.98 Å². The van der Waals surface area contributed by atoms with Crippen molar-refractivity contribution in [2.45, 2.75) is 25.8 Å². The molecule has 182 valence electrons. The van der Waals surface area contributed by atoms with Crippen LogP contribution in [0.3, 0.4) is 0 Å². The fraction of sp³-hybridized carbons (Fsp3) is 0.296. The number of primary amides is 1. The number of aromatic nitrogens is 2. The number of rotatable bonds is 12. The standard InChI is InChI=1S/C27H30ClN5O2/c1-18(19-5-4-6-21(28)15-19)31-10-2-3-13-35-14-12-32-27-23-9-11-30-17-24(23)22-8-7-20(26(29)34)16-25(22)33-27/h4-9,11,15-18,31H,2-3,10,12-14H2,1H3,(H2,29,34)(H,32,33). The second kappa shape index (κ2) is 11.9. The summed E-state index contributed by atoms with van der Waals surface area (Å²) in [5, 5.41) is 10.5. The number of pyridine rings is 2. The first-order valence-electron chi connectivity index (χ1n) is 11.8. The zero-order chi connectivity index (χ0) is 24.6. The van der Waals surface area contributed by atoms with Gasteiger partial charge < -0.3 is 21.1 Å². The van der Waals surface area contributed by atoms with Crippen LogP contribution in [-0.4, -0.2) is 42.2 Å². The topological polar surface area (TPSA) is 102 Å². The van der Waals surface area contributed by atoms with E-state index in [0.29, 0.717) is 30.8 Å². The highest BCUT2D eigenvalue weighted by molar-refractivity contribution is 6.30. The monoisotopic (exact) mass is 491 g/mol. The highest BCUT2D eigenvalue weighted by atomic mass is 35.5. The molecule has 0 radical (unpaired) electrons. The lowest BCUT2D eigenvalue weighted by molar-refractivity contribution is 0.100. The van der Waals surface area contributed by atoms with Crippen LogP contribution in [-0.2, 0) is 4.74 Å². The average Bonchev–Trinajstić information content (AvgIpc) is 2.87. The summed E-state index contributed by atoms with van der Waals surface area (Å²) in [6.45, 7) is 4.95. The predicted octanol–water partition coefficient (Wildman–Crippen LogP) is 5.09. The number of hydrogen-bond donors (Lipinski definition) is 3. The molecule has 0 spiro atoms. The van der Waals surface area contributed by atoms with Gasteiger partial charge in [-0.2, -0.15) is 0 Å². The Balaban J connectivity index is 1.23. The molecule has 1 unspecified atom stereocenters. The minimum absolute atomic E-state index is 0.261. The molecule has 35 heavy (non-hydrogen) atoms. The largest absolute Gasteiger partial charge is 0.380 e. The van der Waals surface area contributed by atoms with Gasteiger partial charge in [-0.1, -0.05) is 29.8 Å². The van der Waals surface area contributed by atoms with E-state index in [9.17, 15) is 4.79 Å². The van der Waals surface area contributed by atoms with E-state index in [0.717, 1.165) is 46.4 Å². The SMILES string of the molecule is CC(NCCCCOCCNc1nc2cc(C(N)=O)ccc2c2cnccc12)c1cccc(Cl)c1. The number of amides is 1. The molecule has 0 fully saturated rings. The van der Waals surface area contributed by atoms with Crippen LogP contribution < -0.4 is 16.4 Å². The minimum atomic E-state index is -0.475. The van der Waals surface area contributed by atoms with Crippen LogP contribution in [0.25, 0.3) is 21.7 Å². The molecule has 2 heterocycles. The van der Waals surface area contributed by atoms with Crippen molar-refractivity contribution in [3.8, 4) is 0 Å². The number of nitrogens with two attached hydrogens (primary N) is 1. The van der Waals surface area contributed by atoms with Gasteiger partial charge in [0.1, 0.15) is 5.82 Å². The van der Waals surface area contributed by atoms with Crippen LogP contribution in [0.5, 0.6) is 0 Å². The fourth-order valence-electron chi connectivity index (χ4n) is 4.02. The van der Waals surface area contributed by atoms with E-state index in [1.807, 2.05) is 36.5 Å². The molecule has 4 rings (SSSR count). The molecule has 0 aliphatic carbocycles. The Hall–Kier alpha value is -3.26. The molecule has 0 bridgehead atoms. The number of carbonyl (C=O) groups is 1. The maximum Gasteiger partial charge on any atom is 0.248 e. The average molecular weight is 492 g/mol. The smallest absolute Gasteiger partial charge is 0.248 e. The van der Waals surface area contributed by atoms with Crippen molar-refractivity contribution in [1.82, 2.24) is 15.3 Å². The van der Waals surface area contributed by atoms with E-state index in [-0.39, 0.29) is 6.04 Å². The highest BCUT2D eigenvalue weighted by Crippen LogP contribution is 2.29. The van der Waals surface area contributed by atoms with E-state index >= 15 is 0 Å². The summed E-state index contributed by atoms with van der Waals surface area (Å²) >= 11 is 6.07. The Morgan fingerprint density at radius 2 is 1.94 bits per heavy atom. The number of halogens is 1. The molecule has 4 N–H and O–H groups in total. The molecule has 8 heteroatoms. The van der Waals surface area contributed by atoms with Crippen molar-refractivity contribution in [1.29, 1.82) is 0 Å². The molecule has 0 aliphatic rings. The van der Waals surface area contributed by atoms with Crippen LogP contribution in [0.4, 0.5) is 5.82 Å². The summed E-state index contributed by atoms with van der Waals surface area (Å²) in [6.07, 6.45) is 5.57. The molecular formula is C27H30ClN5O2. The summed E-state index contributed by atoms with van der Waals surface area (Å²) in [4.78, 5) is 20.6. The maximum atomic E-state index is 11.6. The second-order valence-electron chi connectivity index (χ2n) is 8.45. The molecule has 4 aromatic rings. The van der Waals surface area contributed by atoms with E-state index in [2.05, 4.69) is 28.6 Å². The highest BCUT2D eigenvalue weighted by Gasteiger charge is 2.10. The first-order valence-corrected chi connectivity index (χ1v) is 12.2. The van der Waals surface area contributed by atoms with Crippen molar-refractivity contribution in [3.05, 3.63) is 77.1 Å². The number of nitrogens with one attached hydrogen (secondary N) is 2. The predicted molar refractivity (Wildman–Crippen MR) is 142 cm³/mol. The van der Waals surface area contributed by atoms with Gasteiger partial charge in [-0.3, -0.25) is 9.78 Å². The molecule has 7 nitrogen and oxygen atoms in total. The first-order chi connectivity index (χ1) is 17.0. The number of benzene rings is 2. The third-order valence-electron chi connectivity index (χ3n) is 5.93. The van der Waals surface area contributed by atoms with E-state index in [4.69, 9.17) is 27.1 Å². The summed E-state index contributed by atoms with van der Waals surface area (Å²) in [7, 11) is 0. The quantitative estimate of drug-likeness (QED) is 0.188. The molecule has 2 aromatic carbocycles. The summed E-state index contributed by atoms with van der Waals surface area (Å²) < 4.78 is 5.80. The van der Waals surface area contributed by atoms with E-state index in [1.165, 1.54) is 5.56 Å². The number of carbonyl (C=O) groups excluding carboxylic acids is 1. The van der Waals surface area contributed by atoms with Gasteiger partial charge in [0.25, 0.3) is 0 Å². The van der Waals surface area contributed by atoms with Crippen LogP contribution in [0.15, 0.2) is 60.9 Å². The molecule has 0 saturated carbocycles. The number of anilines is 1. The Labute approximate surface area is 210 Å². The maximum absolute atomic E-state index is 11.6. The van der Waals surface area contributed by atoms with Crippen LogP contribution in [0, 0.1) is 0 Å². The number of fused-ring (bicyclic) bond motifs is 3. The Bertz CT molecular complexity index is 1310. The molecule has 0 aliphatic heterocycles. The van der Waals surface area contributed by atoms with E-state index < -0.39 is 5.91 Å². The molecule has 1 atom stereocenters. The number of unbranched alkanes of at least 4 members (excludes halogenated alkanes) is 1. The van der Waals surface area contributed by atoms with Crippen molar-refractivity contribution in [3.63, 3.8) is 0 Å². The van der Waals surface area contributed by atoms with Gasteiger partial charge in [-0.05, 0) is 62.2 Å². The summed E-state index contributed by atoms with van der Waals surface area (Å²) in [5.74, 6) is 0.260. The molecular weight excluding hydrogens is 462 g/mol. The molecule has 0 saturated heterocycles. The first kappa shape index (κ1) is 24.9. The number of hydrogen-bond acceptors (Lipinski definition) is 6. The van der Waals surface area contributed by atoms with Gasteiger partial charge in [0.05, 0.1) is 12.1 Å². The van der Waals surface area contributed by atoms with Crippen molar-refractivity contribution in [2.24, 2.45) is 5.73 Å². The zero-order valence-electron chi connectivity index (χ0n) is 19.8. The van der Waals surface area contributed by atoms with Crippen LogP contribution >= 0.6 is 11.6 Å². The van der Waals surface area contributed by atoms with E-state index in [1.54, 1.807) is 18.3 Å². The second-order valence-corrected chi connectivity index (χ2v) is 8.89. The lowest BCUT2D eigenvalue weighted by Gasteiger charge is -2.14. The van der Waals surface area contributed by atoms with Gasteiger partial charge in [0, 0.05) is 58.3 Å². The van der Waals surface area contributed by atoms with Crippen LogP contribution in [0.2, 0.25) is 5.02 Å². The number of ether oxygens (including phenoxy) is 1. The van der Waals surface area contributed by atoms with Gasteiger partial charge in [0.2, 0.25) is 5.91 Å². The van der Waals surface area contributed by atoms with Crippen molar-refractivity contribution in [2.75, 3.05) is 31.6 Å². The van der Waals surface area contributed by atoms with Crippen molar-refractivity contribution >= 4 is 45.0 Å². The van der Waals surface area contributed by atoms with Crippen molar-refractivity contribution < 1.29 is 9.53 Å². The Morgan fingerprint density at radius 3 is 2.77 bits per heavy atom. The number of nitrogens with zero attached hydrogens (tertiary/aromatic N) is 2. The van der Waals surface area contributed by atoms with Gasteiger partial charge in [-0.15, -0.1) is 0 Å². The van der Waals surface area contributed by atoms with Crippen LogP contribution in [0.1, 0.15) is 41.7 Å².